The van der Waals surface area contributed by atoms with Gasteiger partial charge in [-0.3, -0.25) is 4.72 Å². The van der Waals surface area contributed by atoms with Crippen LogP contribution in [0.25, 0.3) is 10.9 Å². The predicted octanol–water partition coefficient (Wildman–Crippen LogP) is 3.65. The Balaban J connectivity index is 1.72. The number of benzene rings is 1. The molecule has 4 N–H and O–H groups in total. The van der Waals surface area contributed by atoms with Crippen molar-refractivity contribution >= 4 is 40.5 Å². The van der Waals surface area contributed by atoms with Crippen LogP contribution >= 0.6 is 23.5 Å². The topological polar surface area (TPSA) is 93.0 Å². The lowest BCUT2D eigenvalue weighted by Gasteiger charge is -2.07. The van der Waals surface area contributed by atoms with Crippen molar-refractivity contribution in [1.29, 1.82) is 0 Å². The van der Waals surface area contributed by atoms with Crippen molar-refractivity contribution < 1.29 is 9.53 Å². The lowest BCUT2D eigenvalue weighted by molar-refractivity contribution is 0.158. The van der Waals surface area contributed by atoms with E-state index >= 15 is 0 Å². The van der Waals surface area contributed by atoms with Crippen LogP contribution in [0.5, 0.6) is 0 Å². The second-order valence-corrected chi connectivity index (χ2v) is 6.63. The smallest absolute Gasteiger partial charge is 0.404 e. The van der Waals surface area contributed by atoms with E-state index in [1.807, 2.05) is 18.2 Å². The molecule has 0 bridgehead atoms. The fraction of sp³-hybridized carbons (Fsp3) is 0.176. The molecule has 0 aliphatic carbocycles. The van der Waals surface area contributed by atoms with E-state index in [9.17, 15) is 4.79 Å². The molecule has 0 spiro atoms. The number of hydrogen-bond donors (Lipinski definition) is 3. The van der Waals surface area contributed by atoms with Crippen LogP contribution in [0.2, 0.25) is 5.02 Å². The van der Waals surface area contributed by atoms with Gasteiger partial charge in [-0.2, -0.15) is 0 Å². The molecule has 0 saturated heterocycles. The lowest BCUT2D eigenvalue weighted by Crippen LogP contribution is -2.15. The van der Waals surface area contributed by atoms with E-state index in [0.717, 1.165) is 27.2 Å². The molecule has 0 aliphatic heterocycles. The quantitative estimate of drug-likeness (QED) is 0.547. The van der Waals surface area contributed by atoms with E-state index in [-0.39, 0.29) is 6.61 Å². The summed E-state index contributed by atoms with van der Waals surface area (Å²) in [6.45, 7) is 0.854. The number of carbonyl (C=O) groups is 1. The van der Waals surface area contributed by atoms with Gasteiger partial charge in [0.05, 0.1) is 6.61 Å². The summed E-state index contributed by atoms with van der Waals surface area (Å²) < 4.78 is 8.16. The van der Waals surface area contributed by atoms with Crippen LogP contribution < -0.4 is 10.5 Å². The highest BCUT2D eigenvalue weighted by Gasteiger charge is 2.12. The molecular formula is C17H17ClN4O2S. The second-order valence-electron chi connectivity index (χ2n) is 5.28. The Kier molecular flexibility index (Phi) is 5.80. The predicted molar refractivity (Wildman–Crippen MR) is 99.5 cm³/mol. The summed E-state index contributed by atoms with van der Waals surface area (Å²) in [4.78, 5) is 18.4. The number of nitrogens with zero attached hydrogens (tertiary/aromatic N) is 1. The van der Waals surface area contributed by atoms with Crippen molar-refractivity contribution in [3.8, 4) is 0 Å². The third-order valence-corrected chi connectivity index (χ3v) is 4.58. The minimum atomic E-state index is -0.765. The van der Waals surface area contributed by atoms with E-state index in [2.05, 4.69) is 20.8 Å². The number of aromatic amines is 1. The summed E-state index contributed by atoms with van der Waals surface area (Å²) >= 11 is 7.39. The monoisotopic (exact) mass is 376 g/mol. The first kappa shape index (κ1) is 17.6. The number of aromatic nitrogens is 2. The molecule has 0 aliphatic rings. The van der Waals surface area contributed by atoms with Gasteiger partial charge in [-0.25, -0.2) is 9.78 Å². The summed E-state index contributed by atoms with van der Waals surface area (Å²) in [5.74, 6) is 0. The van der Waals surface area contributed by atoms with Crippen LogP contribution in [-0.2, 0) is 17.7 Å². The fourth-order valence-corrected chi connectivity index (χ4v) is 3.44. The van der Waals surface area contributed by atoms with Crippen LogP contribution in [0.15, 0.2) is 47.6 Å². The van der Waals surface area contributed by atoms with Crippen molar-refractivity contribution in [2.24, 2.45) is 5.73 Å². The summed E-state index contributed by atoms with van der Waals surface area (Å²) in [5, 5.41) is 2.57. The van der Waals surface area contributed by atoms with Gasteiger partial charge in [0.1, 0.15) is 5.03 Å². The Morgan fingerprint density at radius 1 is 1.36 bits per heavy atom. The molecule has 25 heavy (non-hydrogen) atoms. The van der Waals surface area contributed by atoms with E-state index < -0.39 is 6.09 Å². The molecule has 8 heteroatoms. The van der Waals surface area contributed by atoms with Gasteiger partial charge in [0.2, 0.25) is 0 Å². The van der Waals surface area contributed by atoms with Crippen LogP contribution in [0.3, 0.4) is 0 Å². The summed E-state index contributed by atoms with van der Waals surface area (Å²) in [7, 11) is 0. The van der Waals surface area contributed by atoms with E-state index in [1.54, 1.807) is 18.3 Å². The number of nitrogens with two attached hydrogens (primary N) is 1. The van der Waals surface area contributed by atoms with Gasteiger partial charge < -0.3 is 15.5 Å². The average molecular weight is 377 g/mol. The van der Waals surface area contributed by atoms with E-state index in [1.165, 1.54) is 11.9 Å². The summed E-state index contributed by atoms with van der Waals surface area (Å²) in [5.41, 5.74) is 8.19. The van der Waals surface area contributed by atoms with Crippen molar-refractivity contribution in [3.63, 3.8) is 0 Å². The molecule has 3 rings (SSSR count). The molecule has 1 amide bonds. The van der Waals surface area contributed by atoms with Crippen molar-refractivity contribution in [1.82, 2.24) is 14.7 Å². The third kappa shape index (κ3) is 4.66. The zero-order valence-corrected chi connectivity index (χ0v) is 14.9. The largest absolute Gasteiger partial charge is 0.449 e. The number of ether oxygens (including phenoxy) is 1. The molecule has 0 saturated carbocycles. The molecule has 0 radical (unpaired) electrons. The highest BCUT2D eigenvalue weighted by molar-refractivity contribution is 7.97. The zero-order chi connectivity index (χ0) is 17.6. The normalized spacial score (nSPS) is 10.9. The first-order valence-electron chi connectivity index (χ1n) is 7.65. The van der Waals surface area contributed by atoms with Gasteiger partial charge >= 0.3 is 6.09 Å². The Hall–Kier alpha value is -2.22. The van der Waals surface area contributed by atoms with Gasteiger partial charge in [-0.15, -0.1) is 0 Å². The number of primary amides is 1. The number of para-hydroxylation sites is 1. The third-order valence-electron chi connectivity index (χ3n) is 3.62. The SMILES string of the molecule is NC(=O)OCCc1[nH]c2ccccc2c1CNSc1cc(Cl)ccn1. The number of amides is 1. The van der Waals surface area contributed by atoms with Crippen molar-refractivity contribution in [2.45, 2.75) is 18.0 Å². The number of pyridine rings is 1. The molecule has 0 fully saturated rings. The van der Waals surface area contributed by atoms with Crippen LogP contribution in [0.4, 0.5) is 4.79 Å². The second kappa shape index (κ2) is 8.24. The first-order valence-corrected chi connectivity index (χ1v) is 8.85. The highest BCUT2D eigenvalue weighted by atomic mass is 35.5. The molecule has 130 valence electrons. The van der Waals surface area contributed by atoms with E-state index in [4.69, 9.17) is 22.1 Å². The zero-order valence-electron chi connectivity index (χ0n) is 13.3. The molecule has 6 nitrogen and oxygen atoms in total. The molecule has 2 heterocycles. The molecule has 1 aromatic carbocycles. The Bertz CT molecular complexity index is 884. The standard InChI is InChI=1S/C17H17ClN4O2S/c18-11-5-7-20-16(9-11)25-21-10-13-12-3-1-2-4-14(12)22-15(13)6-8-24-17(19)23/h1-5,7,9,21-22H,6,8,10H2,(H2,19,23). The number of hydrogen-bond acceptors (Lipinski definition) is 5. The van der Waals surface area contributed by atoms with E-state index in [0.29, 0.717) is 18.0 Å². The fourth-order valence-electron chi connectivity index (χ4n) is 2.55. The first-order chi connectivity index (χ1) is 12.1. The van der Waals surface area contributed by atoms with Crippen molar-refractivity contribution in [2.75, 3.05) is 6.61 Å². The average Bonchev–Trinajstić information content (AvgIpc) is 2.93. The molecule has 3 aromatic rings. The maximum Gasteiger partial charge on any atom is 0.404 e. The maximum atomic E-state index is 10.8. The van der Waals surface area contributed by atoms with Gasteiger partial charge in [0.25, 0.3) is 0 Å². The Labute approximate surface area is 154 Å². The minimum absolute atomic E-state index is 0.234. The number of rotatable bonds is 7. The molecular weight excluding hydrogens is 360 g/mol. The Morgan fingerprint density at radius 3 is 3.00 bits per heavy atom. The summed E-state index contributed by atoms with van der Waals surface area (Å²) in [6.07, 6.45) is 1.47. The molecule has 2 aromatic heterocycles. The van der Waals surface area contributed by atoms with Crippen molar-refractivity contribution in [3.05, 3.63) is 58.9 Å². The Morgan fingerprint density at radius 2 is 2.20 bits per heavy atom. The van der Waals surface area contributed by atoms with Gasteiger partial charge in [-0.1, -0.05) is 29.8 Å². The van der Waals surface area contributed by atoms with Gasteiger partial charge in [0.15, 0.2) is 0 Å². The number of halogens is 1. The van der Waals surface area contributed by atoms with Crippen LogP contribution in [0.1, 0.15) is 11.3 Å². The molecule has 0 atom stereocenters. The number of nitrogens with one attached hydrogen (secondary N) is 2. The number of carbonyl (C=O) groups excluding carboxylic acids is 1. The minimum Gasteiger partial charge on any atom is -0.449 e. The van der Waals surface area contributed by atoms with Crippen LogP contribution in [0, 0.1) is 0 Å². The lowest BCUT2D eigenvalue weighted by atomic mass is 10.1. The number of fused-ring (bicyclic) bond motifs is 1. The van der Waals surface area contributed by atoms with Gasteiger partial charge in [0, 0.05) is 40.8 Å². The summed E-state index contributed by atoms with van der Waals surface area (Å²) in [6, 6.07) is 11.6. The van der Waals surface area contributed by atoms with Gasteiger partial charge in [-0.05, 0) is 35.7 Å². The number of H-pyrrole nitrogens is 1. The molecule has 0 unspecified atom stereocenters. The highest BCUT2D eigenvalue weighted by Crippen LogP contribution is 2.24. The van der Waals surface area contributed by atoms with Crippen LogP contribution in [-0.4, -0.2) is 22.7 Å². The maximum absolute atomic E-state index is 10.8.